The molecule has 0 bridgehead atoms. The number of amides is 1. The van der Waals surface area contributed by atoms with Gasteiger partial charge >= 0.3 is 0 Å². The number of rotatable bonds is 4. The van der Waals surface area contributed by atoms with Gasteiger partial charge in [-0.2, -0.15) is 0 Å². The van der Waals surface area contributed by atoms with Crippen molar-refractivity contribution in [3.05, 3.63) is 58.6 Å². The van der Waals surface area contributed by atoms with Gasteiger partial charge in [0.15, 0.2) is 0 Å². The lowest BCUT2D eigenvalue weighted by Crippen LogP contribution is -2.18. The van der Waals surface area contributed by atoms with Crippen LogP contribution in [-0.4, -0.2) is 21.4 Å². The molecule has 22 heavy (non-hydrogen) atoms. The molecule has 2 aromatic carbocycles. The molecule has 116 valence electrons. The first-order chi connectivity index (χ1) is 10.3. The molecular weight excluding hydrogens is 324 g/mol. The summed E-state index contributed by atoms with van der Waals surface area (Å²) in [6.45, 7) is 1.68. The standard InChI is InChI=1S/C15H15ClN2O3S/c1-10-9-12(16)5-8-14(10)22(20,21)18-13-6-3-11(4-7-13)15(19)17-2/h3-9,18H,1-2H3,(H,17,19). The summed E-state index contributed by atoms with van der Waals surface area (Å²) in [5.74, 6) is -0.233. The number of benzene rings is 2. The number of aryl methyl sites for hydroxylation is 1. The molecule has 2 rings (SSSR count). The van der Waals surface area contributed by atoms with Crippen LogP contribution in [0.5, 0.6) is 0 Å². The summed E-state index contributed by atoms with van der Waals surface area (Å²) >= 11 is 5.83. The molecule has 5 nitrogen and oxygen atoms in total. The maximum Gasteiger partial charge on any atom is 0.262 e. The van der Waals surface area contributed by atoms with Gasteiger partial charge in [-0.25, -0.2) is 8.42 Å². The molecule has 0 saturated carbocycles. The van der Waals surface area contributed by atoms with Crippen molar-refractivity contribution in [1.82, 2.24) is 5.32 Å². The van der Waals surface area contributed by atoms with Gasteiger partial charge in [0.25, 0.3) is 15.9 Å². The third kappa shape index (κ3) is 3.58. The lowest BCUT2D eigenvalue weighted by Gasteiger charge is -2.11. The van der Waals surface area contributed by atoms with Crippen LogP contribution < -0.4 is 10.0 Å². The maximum absolute atomic E-state index is 12.4. The molecule has 0 saturated heterocycles. The molecule has 0 fully saturated rings. The Morgan fingerprint density at radius 1 is 1.09 bits per heavy atom. The lowest BCUT2D eigenvalue weighted by atomic mass is 10.2. The van der Waals surface area contributed by atoms with Gasteiger partial charge in [-0.1, -0.05) is 11.6 Å². The van der Waals surface area contributed by atoms with Gasteiger partial charge in [0.1, 0.15) is 0 Å². The number of anilines is 1. The Kier molecular flexibility index (Phi) is 4.73. The van der Waals surface area contributed by atoms with Crippen molar-refractivity contribution in [1.29, 1.82) is 0 Å². The predicted octanol–water partition coefficient (Wildman–Crippen LogP) is 2.81. The Hall–Kier alpha value is -2.05. The average molecular weight is 339 g/mol. The molecule has 0 spiro atoms. The summed E-state index contributed by atoms with van der Waals surface area (Å²) in [6, 6.07) is 10.7. The zero-order valence-corrected chi connectivity index (χ0v) is 13.6. The predicted molar refractivity (Wildman–Crippen MR) is 86.8 cm³/mol. The third-order valence-electron chi connectivity index (χ3n) is 3.05. The fraction of sp³-hybridized carbons (Fsp3) is 0.133. The lowest BCUT2D eigenvalue weighted by molar-refractivity contribution is 0.0963. The third-order valence-corrected chi connectivity index (χ3v) is 4.83. The van der Waals surface area contributed by atoms with Gasteiger partial charge in [0.05, 0.1) is 4.90 Å². The quantitative estimate of drug-likeness (QED) is 0.900. The van der Waals surface area contributed by atoms with E-state index < -0.39 is 10.0 Å². The van der Waals surface area contributed by atoms with E-state index in [-0.39, 0.29) is 10.8 Å². The molecule has 0 heterocycles. The summed E-state index contributed by atoms with van der Waals surface area (Å²) < 4.78 is 27.2. The molecule has 2 aromatic rings. The van der Waals surface area contributed by atoms with Crippen LogP contribution in [0.1, 0.15) is 15.9 Å². The molecule has 0 aliphatic carbocycles. The molecular formula is C15H15ClN2O3S. The molecule has 0 aliphatic rings. The van der Waals surface area contributed by atoms with E-state index in [0.717, 1.165) is 0 Å². The van der Waals surface area contributed by atoms with Crippen molar-refractivity contribution in [3.8, 4) is 0 Å². The molecule has 0 radical (unpaired) electrons. The minimum absolute atomic E-state index is 0.160. The van der Waals surface area contributed by atoms with E-state index in [2.05, 4.69) is 10.0 Å². The van der Waals surface area contributed by atoms with Gasteiger partial charge in [0, 0.05) is 23.3 Å². The molecule has 0 unspecified atom stereocenters. The first-order valence-corrected chi connectivity index (χ1v) is 8.31. The summed E-state index contributed by atoms with van der Waals surface area (Å²) in [4.78, 5) is 11.6. The van der Waals surface area contributed by atoms with Crippen LogP contribution >= 0.6 is 11.6 Å². The number of nitrogens with one attached hydrogen (secondary N) is 2. The molecule has 0 atom stereocenters. The van der Waals surface area contributed by atoms with Gasteiger partial charge in [-0.3, -0.25) is 9.52 Å². The normalized spacial score (nSPS) is 11.0. The van der Waals surface area contributed by atoms with Gasteiger partial charge < -0.3 is 5.32 Å². The van der Waals surface area contributed by atoms with Crippen LogP contribution in [-0.2, 0) is 10.0 Å². The topological polar surface area (TPSA) is 75.3 Å². The Balaban J connectivity index is 2.27. The second-order valence-corrected chi connectivity index (χ2v) is 6.76. The van der Waals surface area contributed by atoms with E-state index in [0.29, 0.717) is 21.8 Å². The number of hydrogen-bond donors (Lipinski definition) is 2. The van der Waals surface area contributed by atoms with E-state index >= 15 is 0 Å². The van der Waals surface area contributed by atoms with E-state index in [9.17, 15) is 13.2 Å². The maximum atomic E-state index is 12.4. The minimum Gasteiger partial charge on any atom is -0.355 e. The van der Waals surface area contributed by atoms with Crippen LogP contribution in [0.3, 0.4) is 0 Å². The van der Waals surface area contributed by atoms with Crippen molar-refractivity contribution < 1.29 is 13.2 Å². The van der Waals surface area contributed by atoms with Crippen LogP contribution in [0.15, 0.2) is 47.4 Å². The Morgan fingerprint density at radius 3 is 2.27 bits per heavy atom. The fourth-order valence-corrected chi connectivity index (χ4v) is 3.47. The number of carbonyl (C=O) groups is 1. The van der Waals surface area contributed by atoms with Crippen LogP contribution in [0.4, 0.5) is 5.69 Å². The number of hydrogen-bond acceptors (Lipinski definition) is 3. The summed E-state index contributed by atoms with van der Waals surface area (Å²) in [5, 5.41) is 2.98. The van der Waals surface area contributed by atoms with Crippen molar-refractivity contribution in [2.24, 2.45) is 0 Å². The smallest absolute Gasteiger partial charge is 0.262 e. The highest BCUT2D eigenvalue weighted by Crippen LogP contribution is 2.22. The largest absolute Gasteiger partial charge is 0.355 e. The van der Waals surface area contributed by atoms with Crippen molar-refractivity contribution in [3.63, 3.8) is 0 Å². The second kappa shape index (κ2) is 6.37. The van der Waals surface area contributed by atoms with Gasteiger partial charge in [-0.05, 0) is 55.0 Å². The minimum atomic E-state index is -3.71. The first kappa shape index (κ1) is 16.3. The van der Waals surface area contributed by atoms with E-state index in [1.54, 1.807) is 25.1 Å². The summed E-state index contributed by atoms with van der Waals surface area (Å²) in [7, 11) is -2.18. The zero-order chi connectivity index (χ0) is 16.3. The SMILES string of the molecule is CNC(=O)c1ccc(NS(=O)(=O)c2ccc(Cl)cc2C)cc1. The van der Waals surface area contributed by atoms with Crippen molar-refractivity contribution in [2.75, 3.05) is 11.8 Å². The Morgan fingerprint density at radius 2 is 1.73 bits per heavy atom. The molecule has 2 N–H and O–H groups in total. The fourth-order valence-electron chi connectivity index (χ4n) is 1.96. The summed E-state index contributed by atoms with van der Waals surface area (Å²) in [6.07, 6.45) is 0. The van der Waals surface area contributed by atoms with Gasteiger partial charge in [-0.15, -0.1) is 0 Å². The van der Waals surface area contributed by atoms with E-state index in [1.807, 2.05) is 0 Å². The van der Waals surface area contributed by atoms with E-state index in [4.69, 9.17) is 11.6 Å². The first-order valence-electron chi connectivity index (χ1n) is 6.44. The number of carbonyl (C=O) groups excluding carboxylic acids is 1. The Bertz CT molecular complexity index is 802. The zero-order valence-electron chi connectivity index (χ0n) is 12.1. The highest BCUT2D eigenvalue weighted by molar-refractivity contribution is 7.92. The monoisotopic (exact) mass is 338 g/mol. The molecule has 0 aliphatic heterocycles. The van der Waals surface area contributed by atoms with Gasteiger partial charge in [0.2, 0.25) is 0 Å². The summed E-state index contributed by atoms with van der Waals surface area (Å²) in [5.41, 5.74) is 1.39. The second-order valence-electron chi connectivity index (χ2n) is 4.67. The number of sulfonamides is 1. The van der Waals surface area contributed by atoms with Crippen molar-refractivity contribution in [2.45, 2.75) is 11.8 Å². The van der Waals surface area contributed by atoms with E-state index in [1.165, 1.54) is 31.3 Å². The number of halogens is 1. The van der Waals surface area contributed by atoms with Crippen molar-refractivity contribution >= 4 is 33.2 Å². The highest BCUT2D eigenvalue weighted by atomic mass is 35.5. The molecule has 0 aromatic heterocycles. The van der Waals surface area contributed by atoms with Crippen LogP contribution in [0.2, 0.25) is 5.02 Å². The Labute approximate surface area is 134 Å². The van der Waals surface area contributed by atoms with Crippen LogP contribution in [0, 0.1) is 6.92 Å². The highest BCUT2D eigenvalue weighted by Gasteiger charge is 2.17. The average Bonchev–Trinajstić information content (AvgIpc) is 2.46. The molecule has 7 heteroatoms. The molecule has 1 amide bonds. The van der Waals surface area contributed by atoms with Crippen LogP contribution in [0.25, 0.3) is 0 Å².